The molecule has 3 heterocycles. The van der Waals surface area contributed by atoms with Crippen LogP contribution >= 0.6 is 0 Å². The van der Waals surface area contributed by atoms with Crippen LogP contribution < -0.4 is 4.31 Å². The van der Waals surface area contributed by atoms with Gasteiger partial charge in [0, 0.05) is 61.9 Å². The van der Waals surface area contributed by atoms with Gasteiger partial charge in [-0.2, -0.15) is 12.7 Å². The maximum absolute atomic E-state index is 13.6. The fraction of sp³-hybridized carbons (Fsp3) is 0.407. The molecule has 7 nitrogen and oxygen atoms in total. The summed E-state index contributed by atoms with van der Waals surface area (Å²) in [5, 5.41) is 1.01. The third-order valence-corrected chi connectivity index (χ3v) is 10.4. The molecule has 2 aromatic carbocycles. The molecule has 1 fully saturated rings. The Balaban J connectivity index is 1.19. The van der Waals surface area contributed by atoms with Gasteiger partial charge in [0.05, 0.1) is 5.69 Å². The standard InChI is InChI=1S/C27H31FN4O3S2/c1-36(33)23-5-7-27-21(14-23)18-31(17-19-2-3-19)37(34,35)32(27)13-12-30-10-8-20(9-11-30)25-16-29-26-15-22(28)4-6-24(25)26/h4-8,14-16,19,29H,2-3,9-13,17-18H2,1H3. The minimum atomic E-state index is -3.63. The van der Waals surface area contributed by atoms with E-state index in [2.05, 4.69) is 16.0 Å². The summed E-state index contributed by atoms with van der Waals surface area (Å²) in [7, 11) is -3.63. The lowest BCUT2D eigenvalue weighted by molar-refractivity contribution is 0.308. The molecular weight excluding hydrogens is 511 g/mol. The number of hydrogen-bond acceptors (Lipinski definition) is 4. The van der Waals surface area contributed by atoms with Gasteiger partial charge in [-0.25, -0.2) is 4.39 Å². The van der Waals surface area contributed by atoms with Crippen LogP contribution in [0.15, 0.2) is 53.6 Å². The summed E-state index contributed by atoms with van der Waals surface area (Å²) < 4.78 is 56.0. The van der Waals surface area contributed by atoms with Crippen LogP contribution in [-0.4, -0.2) is 66.1 Å². The van der Waals surface area contributed by atoms with Crippen molar-refractivity contribution in [1.82, 2.24) is 14.2 Å². The zero-order valence-corrected chi connectivity index (χ0v) is 22.5. The largest absolute Gasteiger partial charge is 0.612 e. The smallest absolute Gasteiger partial charge is 0.304 e. The average molecular weight is 543 g/mol. The molecule has 6 rings (SSSR count). The summed E-state index contributed by atoms with van der Waals surface area (Å²) in [5.41, 5.74) is 4.72. The molecular formula is C27H31FN4O3S2. The number of aromatic nitrogens is 1. The number of nitrogens with one attached hydrogen (secondary N) is 1. The van der Waals surface area contributed by atoms with Crippen LogP contribution in [0.3, 0.4) is 0 Å². The first-order valence-electron chi connectivity index (χ1n) is 12.7. The molecule has 1 atom stereocenters. The molecule has 0 amide bonds. The van der Waals surface area contributed by atoms with E-state index in [1.807, 2.05) is 24.4 Å². The normalized spacial score (nSPS) is 21.2. The van der Waals surface area contributed by atoms with Crippen molar-refractivity contribution in [3.63, 3.8) is 0 Å². The number of nitrogens with zero attached hydrogens (tertiary/aromatic N) is 3. The Bertz CT molecular complexity index is 1470. The maximum Gasteiger partial charge on any atom is 0.304 e. The molecule has 0 saturated heterocycles. The van der Waals surface area contributed by atoms with Gasteiger partial charge in [-0.1, -0.05) is 6.08 Å². The molecule has 3 aromatic rings. The molecule has 0 spiro atoms. The molecule has 1 aliphatic carbocycles. The van der Waals surface area contributed by atoms with Crippen LogP contribution in [0.1, 0.15) is 30.4 Å². The van der Waals surface area contributed by atoms with Crippen LogP contribution in [0.4, 0.5) is 10.1 Å². The molecule has 1 N–H and O–H groups in total. The van der Waals surface area contributed by atoms with Crippen LogP contribution in [0.5, 0.6) is 0 Å². The van der Waals surface area contributed by atoms with Gasteiger partial charge in [0.1, 0.15) is 12.1 Å². The van der Waals surface area contributed by atoms with E-state index in [0.717, 1.165) is 59.3 Å². The van der Waals surface area contributed by atoms with Gasteiger partial charge >= 0.3 is 10.2 Å². The van der Waals surface area contributed by atoms with Gasteiger partial charge in [0.2, 0.25) is 0 Å². The molecule has 3 aliphatic rings. The Hall–Kier alpha value is -2.37. The van der Waals surface area contributed by atoms with Gasteiger partial charge in [0.15, 0.2) is 4.90 Å². The number of benzene rings is 2. The van der Waals surface area contributed by atoms with Crippen molar-refractivity contribution < 1.29 is 17.4 Å². The highest BCUT2D eigenvalue weighted by Gasteiger charge is 2.40. The highest BCUT2D eigenvalue weighted by atomic mass is 32.2. The number of fused-ring (bicyclic) bond motifs is 2. The van der Waals surface area contributed by atoms with Crippen molar-refractivity contribution in [1.29, 1.82) is 0 Å². The van der Waals surface area contributed by atoms with Crippen molar-refractivity contribution >= 4 is 43.5 Å². The summed E-state index contributed by atoms with van der Waals surface area (Å²) in [6.07, 6.45) is 8.77. The number of anilines is 1. The van der Waals surface area contributed by atoms with Crippen molar-refractivity contribution in [2.45, 2.75) is 30.7 Å². The molecule has 1 unspecified atom stereocenters. The zero-order chi connectivity index (χ0) is 25.7. The maximum atomic E-state index is 13.6. The fourth-order valence-electron chi connectivity index (χ4n) is 5.38. The summed E-state index contributed by atoms with van der Waals surface area (Å²) in [4.78, 5) is 6.15. The summed E-state index contributed by atoms with van der Waals surface area (Å²) in [6.45, 7) is 3.40. The van der Waals surface area contributed by atoms with E-state index in [-0.39, 0.29) is 5.82 Å². The number of H-pyrrole nitrogens is 1. The van der Waals surface area contributed by atoms with E-state index in [1.165, 1.54) is 17.7 Å². The fourth-order valence-corrected chi connectivity index (χ4v) is 7.67. The summed E-state index contributed by atoms with van der Waals surface area (Å²) >= 11 is -1.12. The highest BCUT2D eigenvalue weighted by Crippen LogP contribution is 2.38. The lowest BCUT2D eigenvalue weighted by Gasteiger charge is -2.38. The van der Waals surface area contributed by atoms with Crippen LogP contribution in [0, 0.1) is 11.7 Å². The van der Waals surface area contributed by atoms with Crippen molar-refractivity contribution in [3.05, 3.63) is 65.6 Å². The molecule has 10 heteroatoms. The summed E-state index contributed by atoms with van der Waals surface area (Å²) in [6, 6.07) is 10.3. The first-order valence-corrected chi connectivity index (χ1v) is 15.7. The predicted octanol–water partition coefficient (Wildman–Crippen LogP) is 4.11. The molecule has 0 bridgehead atoms. The Morgan fingerprint density at radius 2 is 2.00 bits per heavy atom. The van der Waals surface area contributed by atoms with E-state index in [4.69, 9.17) is 0 Å². The van der Waals surface area contributed by atoms with E-state index < -0.39 is 21.4 Å². The Labute approximate surface area is 220 Å². The number of hydrogen-bond donors (Lipinski definition) is 1. The number of aromatic amines is 1. The first kappa shape index (κ1) is 24.9. The topological polar surface area (TPSA) is 82.7 Å². The van der Waals surface area contributed by atoms with Crippen LogP contribution in [-0.2, 0) is 27.9 Å². The number of rotatable bonds is 7. The molecule has 1 aromatic heterocycles. The van der Waals surface area contributed by atoms with E-state index in [0.29, 0.717) is 37.8 Å². The van der Waals surface area contributed by atoms with E-state index >= 15 is 0 Å². The molecule has 0 radical (unpaired) electrons. The SMILES string of the molecule is C[S+]([O-])c1ccc2c(c1)CN(CC1CC1)S(=O)(=O)N2CCN1CC=C(c2c[nH]c3cc(F)ccc23)CC1. The minimum absolute atomic E-state index is 0.256. The summed E-state index contributed by atoms with van der Waals surface area (Å²) in [5.74, 6) is 0.183. The second-order valence-electron chi connectivity index (χ2n) is 10.2. The third kappa shape index (κ3) is 4.93. The van der Waals surface area contributed by atoms with E-state index in [9.17, 15) is 17.4 Å². The van der Waals surface area contributed by atoms with Crippen LogP contribution in [0.2, 0.25) is 0 Å². The Kier molecular flexibility index (Phi) is 6.57. The predicted molar refractivity (Wildman–Crippen MR) is 145 cm³/mol. The molecule has 37 heavy (non-hydrogen) atoms. The van der Waals surface area contributed by atoms with Gasteiger partial charge < -0.3 is 9.54 Å². The minimum Gasteiger partial charge on any atom is -0.612 e. The second-order valence-corrected chi connectivity index (χ2v) is 13.5. The lowest BCUT2D eigenvalue weighted by Crippen LogP contribution is -2.50. The van der Waals surface area contributed by atoms with Gasteiger partial charge in [-0.15, -0.1) is 0 Å². The Morgan fingerprint density at radius 1 is 1.16 bits per heavy atom. The van der Waals surface area contributed by atoms with Gasteiger partial charge in [-0.05, 0) is 83.9 Å². The molecule has 1 saturated carbocycles. The first-order chi connectivity index (χ1) is 17.8. The average Bonchev–Trinajstić information content (AvgIpc) is 3.60. The monoisotopic (exact) mass is 542 g/mol. The third-order valence-electron chi connectivity index (χ3n) is 7.66. The van der Waals surface area contributed by atoms with Crippen molar-refractivity contribution in [3.8, 4) is 0 Å². The highest BCUT2D eigenvalue weighted by molar-refractivity contribution is 7.91. The molecule has 196 valence electrons. The Morgan fingerprint density at radius 3 is 2.73 bits per heavy atom. The second kappa shape index (κ2) is 9.74. The van der Waals surface area contributed by atoms with Crippen molar-refractivity contribution in [2.24, 2.45) is 5.92 Å². The van der Waals surface area contributed by atoms with Crippen molar-refractivity contribution in [2.75, 3.05) is 43.3 Å². The number of halogens is 1. The van der Waals surface area contributed by atoms with Gasteiger partial charge in [-0.3, -0.25) is 9.21 Å². The van der Waals surface area contributed by atoms with Gasteiger partial charge in [0.25, 0.3) is 0 Å². The quantitative estimate of drug-likeness (QED) is 0.456. The molecule has 2 aliphatic heterocycles. The van der Waals surface area contributed by atoms with Crippen LogP contribution in [0.25, 0.3) is 16.5 Å². The lowest BCUT2D eigenvalue weighted by atomic mass is 9.99. The van der Waals surface area contributed by atoms with E-state index in [1.54, 1.807) is 20.9 Å². The zero-order valence-electron chi connectivity index (χ0n) is 20.8.